The van der Waals surface area contributed by atoms with E-state index < -0.39 is 11.0 Å². The summed E-state index contributed by atoms with van der Waals surface area (Å²) in [7, 11) is -1.10. The Kier molecular flexibility index (Phi) is 10.7. The SMILES string of the molecule is C.S.[C-]#[N+]c1cc(-c2nc(-c3cccc4c3CC[C@@H]4N(CCC)S(=O)C(C)(C)C)no2)ccc1OC(C)C. The summed E-state index contributed by atoms with van der Waals surface area (Å²) in [6.45, 7) is 20.4. The van der Waals surface area contributed by atoms with E-state index >= 15 is 0 Å². The van der Waals surface area contributed by atoms with E-state index in [-0.39, 0.29) is 37.8 Å². The monoisotopic (exact) mass is 556 g/mol. The van der Waals surface area contributed by atoms with Crippen LogP contribution in [0.15, 0.2) is 40.9 Å². The number of nitrogens with zero attached hydrogens (tertiary/aromatic N) is 4. The molecule has 0 fully saturated rings. The van der Waals surface area contributed by atoms with Crippen molar-refractivity contribution in [3.05, 3.63) is 58.9 Å². The zero-order valence-corrected chi connectivity index (χ0v) is 24.2. The molecular formula is C29H40N4O3S2. The highest BCUT2D eigenvalue weighted by molar-refractivity contribution is 7.84. The summed E-state index contributed by atoms with van der Waals surface area (Å²) in [4.78, 5) is 8.28. The van der Waals surface area contributed by atoms with Gasteiger partial charge < -0.3 is 9.26 Å². The third-order valence-corrected chi connectivity index (χ3v) is 8.03. The highest BCUT2D eigenvalue weighted by Gasteiger charge is 2.36. The number of fused-ring (bicyclic) bond motifs is 1. The molecule has 0 radical (unpaired) electrons. The van der Waals surface area contributed by atoms with Crippen LogP contribution in [0.5, 0.6) is 5.75 Å². The van der Waals surface area contributed by atoms with Gasteiger partial charge in [-0.1, -0.05) is 37.7 Å². The molecule has 1 aliphatic rings. The molecule has 3 aromatic rings. The standard InChI is InChI=1S/C28H34N4O3S.CH4.H2S/c1-8-16-32(36(33)28(4,5)6)24-14-13-20-21(24)10-9-11-22(20)26-30-27(35-31-26)19-12-15-25(34-18(2)3)23(17-19)29-7;;/h9-12,15,17-18,24H,8,13-14,16H2,1-6H3;1H4;1H2/t24-,36?;;/m0../s1. The molecule has 0 amide bonds. The minimum atomic E-state index is -1.10. The van der Waals surface area contributed by atoms with Crippen molar-refractivity contribution >= 4 is 30.2 Å². The molecule has 0 saturated carbocycles. The molecule has 206 valence electrons. The zero-order chi connectivity index (χ0) is 26.0. The summed E-state index contributed by atoms with van der Waals surface area (Å²) in [5.74, 6) is 1.42. The first-order valence-electron chi connectivity index (χ1n) is 12.5. The summed E-state index contributed by atoms with van der Waals surface area (Å²) in [6, 6.07) is 11.6. The molecule has 1 aromatic heterocycles. The van der Waals surface area contributed by atoms with Crippen LogP contribution in [0, 0.1) is 6.57 Å². The van der Waals surface area contributed by atoms with Gasteiger partial charge in [0.25, 0.3) is 5.89 Å². The number of hydrogen-bond acceptors (Lipinski definition) is 5. The molecular weight excluding hydrogens is 516 g/mol. The minimum Gasteiger partial charge on any atom is -0.502 e. The molecule has 7 nitrogen and oxygen atoms in total. The largest absolute Gasteiger partial charge is 0.502 e. The molecule has 2 atom stereocenters. The van der Waals surface area contributed by atoms with Crippen molar-refractivity contribution in [2.75, 3.05) is 6.54 Å². The van der Waals surface area contributed by atoms with Gasteiger partial charge in [0.05, 0.1) is 17.4 Å². The second-order valence-electron chi connectivity index (χ2n) is 10.3. The van der Waals surface area contributed by atoms with Gasteiger partial charge in [0, 0.05) is 23.7 Å². The van der Waals surface area contributed by atoms with Gasteiger partial charge in [0.15, 0.2) is 0 Å². The van der Waals surface area contributed by atoms with E-state index in [9.17, 15) is 4.21 Å². The fourth-order valence-electron chi connectivity index (χ4n) is 4.61. The number of ether oxygens (including phenoxy) is 1. The van der Waals surface area contributed by atoms with Crippen LogP contribution in [0.1, 0.15) is 79.0 Å². The van der Waals surface area contributed by atoms with Crippen molar-refractivity contribution in [2.24, 2.45) is 0 Å². The van der Waals surface area contributed by atoms with E-state index in [0.29, 0.717) is 28.7 Å². The lowest BCUT2D eigenvalue weighted by Crippen LogP contribution is -2.39. The molecule has 0 bridgehead atoms. The topological polar surface area (TPSA) is 72.8 Å². The Bertz CT molecular complexity index is 1310. The summed E-state index contributed by atoms with van der Waals surface area (Å²) < 4.78 is 26.6. The van der Waals surface area contributed by atoms with Crippen molar-refractivity contribution in [1.29, 1.82) is 0 Å². The molecule has 0 N–H and O–H groups in total. The van der Waals surface area contributed by atoms with Crippen LogP contribution in [0.25, 0.3) is 27.7 Å². The van der Waals surface area contributed by atoms with Gasteiger partial charge in [-0.05, 0) is 83.2 Å². The maximum absolute atomic E-state index is 13.4. The Morgan fingerprint density at radius 2 is 2.00 bits per heavy atom. The van der Waals surface area contributed by atoms with Gasteiger partial charge in [-0.2, -0.15) is 18.5 Å². The van der Waals surface area contributed by atoms with Crippen LogP contribution in [-0.4, -0.2) is 36.1 Å². The molecule has 4 rings (SSSR count). The third-order valence-electron chi connectivity index (χ3n) is 6.12. The average Bonchev–Trinajstić information content (AvgIpc) is 3.49. The van der Waals surface area contributed by atoms with Crippen LogP contribution < -0.4 is 4.74 Å². The summed E-state index contributed by atoms with van der Waals surface area (Å²) in [5, 5.41) is 4.28. The average molecular weight is 557 g/mol. The summed E-state index contributed by atoms with van der Waals surface area (Å²) in [6.07, 6.45) is 2.69. The lowest BCUT2D eigenvalue weighted by atomic mass is 10.0. The Balaban J connectivity index is 0.00000253. The quantitative estimate of drug-likeness (QED) is 0.266. The number of rotatable bonds is 8. The normalized spacial score (nSPS) is 15.4. The third kappa shape index (κ3) is 6.48. The number of aromatic nitrogens is 2. The van der Waals surface area contributed by atoms with E-state index in [2.05, 4.69) is 32.3 Å². The Morgan fingerprint density at radius 1 is 1.26 bits per heavy atom. The zero-order valence-electron chi connectivity index (χ0n) is 22.4. The van der Waals surface area contributed by atoms with E-state index in [1.165, 1.54) is 11.1 Å². The predicted molar refractivity (Wildman–Crippen MR) is 160 cm³/mol. The minimum absolute atomic E-state index is 0. The van der Waals surface area contributed by atoms with E-state index in [0.717, 1.165) is 31.4 Å². The van der Waals surface area contributed by atoms with Crippen molar-refractivity contribution < 1.29 is 13.5 Å². The molecule has 0 aliphatic heterocycles. The highest BCUT2D eigenvalue weighted by atomic mass is 32.2. The molecule has 1 heterocycles. The smallest absolute Gasteiger partial charge is 0.256 e. The van der Waals surface area contributed by atoms with Crippen LogP contribution in [0.2, 0.25) is 0 Å². The van der Waals surface area contributed by atoms with Gasteiger partial charge >= 0.3 is 0 Å². The van der Waals surface area contributed by atoms with Gasteiger partial charge in [-0.3, -0.25) is 0 Å². The molecule has 2 aromatic carbocycles. The first kappa shape index (κ1) is 31.5. The number of benzene rings is 2. The first-order chi connectivity index (χ1) is 17.1. The second kappa shape index (κ2) is 12.9. The van der Waals surface area contributed by atoms with Crippen LogP contribution in [-0.2, 0) is 17.4 Å². The molecule has 9 heteroatoms. The van der Waals surface area contributed by atoms with Crippen LogP contribution >= 0.6 is 13.5 Å². The predicted octanol–water partition coefficient (Wildman–Crippen LogP) is 7.65. The summed E-state index contributed by atoms with van der Waals surface area (Å²) >= 11 is 0. The van der Waals surface area contributed by atoms with Crippen LogP contribution in [0.3, 0.4) is 0 Å². The molecule has 0 saturated heterocycles. The number of hydrogen-bond donors (Lipinski definition) is 0. The summed E-state index contributed by atoms with van der Waals surface area (Å²) in [5.41, 5.74) is 4.40. The van der Waals surface area contributed by atoms with Gasteiger partial charge in [-0.15, -0.1) is 0 Å². The van der Waals surface area contributed by atoms with Crippen molar-refractivity contribution in [3.63, 3.8) is 0 Å². The fourth-order valence-corrected chi connectivity index (χ4v) is 6.11. The van der Waals surface area contributed by atoms with Crippen molar-refractivity contribution in [3.8, 4) is 28.6 Å². The van der Waals surface area contributed by atoms with Gasteiger partial charge in [0.2, 0.25) is 11.5 Å². The Labute approximate surface area is 236 Å². The van der Waals surface area contributed by atoms with E-state index in [4.69, 9.17) is 15.8 Å². The second-order valence-corrected chi connectivity index (χ2v) is 12.5. The van der Waals surface area contributed by atoms with E-state index in [1.54, 1.807) is 12.1 Å². The lowest BCUT2D eigenvalue weighted by Gasteiger charge is -2.33. The van der Waals surface area contributed by atoms with Crippen molar-refractivity contribution in [2.45, 2.75) is 85.1 Å². The Morgan fingerprint density at radius 3 is 2.63 bits per heavy atom. The maximum atomic E-state index is 13.4. The van der Waals surface area contributed by atoms with Crippen LogP contribution in [0.4, 0.5) is 5.69 Å². The first-order valence-corrected chi connectivity index (χ1v) is 13.6. The molecule has 38 heavy (non-hydrogen) atoms. The molecule has 1 aliphatic carbocycles. The van der Waals surface area contributed by atoms with Gasteiger partial charge in [0.1, 0.15) is 16.7 Å². The molecule has 0 spiro atoms. The van der Waals surface area contributed by atoms with E-state index in [1.807, 2.05) is 52.8 Å². The fraction of sp³-hybridized carbons (Fsp3) is 0.483. The lowest BCUT2D eigenvalue weighted by molar-refractivity contribution is 0.244. The van der Waals surface area contributed by atoms with Gasteiger partial charge in [-0.25, -0.2) is 13.4 Å². The highest BCUT2D eigenvalue weighted by Crippen LogP contribution is 2.42. The maximum Gasteiger partial charge on any atom is 0.256 e. The van der Waals surface area contributed by atoms with Crippen molar-refractivity contribution in [1.82, 2.24) is 14.4 Å². The molecule has 1 unspecified atom stereocenters. The Hall–Kier alpha value is -2.67.